The van der Waals surface area contributed by atoms with Gasteiger partial charge in [0, 0.05) is 17.8 Å². The predicted molar refractivity (Wildman–Crippen MR) is 76.5 cm³/mol. The van der Waals surface area contributed by atoms with Gasteiger partial charge in [-0.15, -0.1) is 11.3 Å². The van der Waals surface area contributed by atoms with E-state index in [1.807, 2.05) is 11.9 Å². The Bertz CT molecular complexity index is 427. The third kappa shape index (κ3) is 3.76. The highest BCUT2D eigenvalue weighted by Gasteiger charge is 2.21. The lowest BCUT2D eigenvalue weighted by Crippen LogP contribution is -2.35. The normalized spacial score (nSPS) is 18.7. The number of carboxylic acids is 1. The van der Waals surface area contributed by atoms with Crippen LogP contribution in [0.25, 0.3) is 0 Å². The van der Waals surface area contributed by atoms with Gasteiger partial charge in [0.25, 0.3) is 0 Å². The Morgan fingerprint density at radius 1 is 1.53 bits per heavy atom. The molecule has 1 aromatic rings. The first-order valence-electron chi connectivity index (χ1n) is 6.95. The molecule has 2 rings (SSSR count). The largest absolute Gasteiger partial charge is 0.480 e. The Morgan fingerprint density at radius 3 is 2.84 bits per heavy atom. The fourth-order valence-corrected chi connectivity index (χ4v) is 3.50. The molecule has 0 saturated heterocycles. The van der Waals surface area contributed by atoms with Crippen molar-refractivity contribution in [3.05, 3.63) is 16.1 Å². The number of aliphatic carboxylic acids is 1. The number of thiazole rings is 1. The van der Waals surface area contributed by atoms with E-state index in [0.717, 1.165) is 5.69 Å². The molecule has 0 amide bonds. The van der Waals surface area contributed by atoms with Crippen molar-refractivity contribution in [1.82, 2.24) is 9.88 Å². The molecule has 0 aliphatic heterocycles. The molecule has 1 unspecified atom stereocenters. The molecule has 1 fully saturated rings. The molecule has 5 heteroatoms. The summed E-state index contributed by atoms with van der Waals surface area (Å²) in [6.07, 6.45) is 6.50. The molecule has 1 atom stereocenters. The van der Waals surface area contributed by atoms with E-state index in [1.165, 1.54) is 37.1 Å². The van der Waals surface area contributed by atoms with Crippen molar-refractivity contribution < 1.29 is 9.90 Å². The third-order valence-electron chi connectivity index (χ3n) is 3.95. The van der Waals surface area contributed by atoms with Crippen LogP contribution in [0.1, 0.15) is 55.6 Å². The molecule has 0 radical (unpaired) electrons. The van der Waals surface area contributed by atoms with E-state index < -0.39 is 12.0 Å². The molecule has 19 heavy (non-hydrogen) atoms. The van der Waals surface area contributed by atoms with Crippen LogP contribution in [-0.2, 0) is 11.3 Å². The Labute approximate surface area is 118 Å². The number of nitrogens with zero attached hydrogens (tertiary/aromatic N) is 2. The number of likely N-dealkylation sites (N-methyl/N-ethyl adjacent to an activating group) is 1. The first-order valence-corrected chi connectivity index (χ1v) is 7.83. The summed E-state index contributed by atoms with van der Waals surface area (Å²) in [4.78, 5) is 17.4. The summed E-state index contributed by atoms with van der Waals surface area (Å²) >= 11 is 1.73. The smallest absolute Gasteiger partial charge is 0.320 e. The summed E-state index contributed by atoms with van der Waals surface area (Å²) in [7, 11) is 1.83. The van der Waals surface area contributed by atoms with Gasteiger partial charge in [0.2, 0.25) is 0 Å². The lowest BCUT2D eigenvalue weighted by atomic mass is 9.90. The number of rotatable bonds is 5. The Balaban J connectivity index is 1.95. The van der Waals surface area contributed by atoms with Crippen LogP contribution >= 0.6 is 11.3 Å². The van der Waals surface area contributed by atoms with Crippen LogP contribution in [0.15, 0.2) is 5.38 Å². The van der Waals surface area contributed by atoms with Crippen molar-refractivity contribution >= 4 is 17.3 Å². The molecule has 1 aliphatic rings. The van der Waals surface area contributed by atoms with Crippen LogP contribution in [0.5, 0.6) is 0 Å². The van der Waals surface area contributed by atoms with Gasteiger partial charge in [-0.25, -0.2) is 4.98 Å². The van der Waals surface area contributed by atoms with Gasteiger partial charge in [-0.1, -0.05) is 19.3 Å². The molecule has 0 aromatic carbocycles. The highest BCUT2D eigenvalue weighted by Crippen LogP contribution is 2.34. The predicted octanol–water partition coefficient (Wildman–Crippen LogP) is 3.10. The highest BCUT2D eigenvalue weighted by atomic mass is 32.1. The van der Waals surface area contributed by atoms with Crippen molar-refractivity contribution in [3.63, 3.8) is 0 Å². The molecule has 0 bridgehead atoms. The van der Waals surface area contributed by atoms with Crippen molar-refractivity contribution in [2.24, 2.45) is 0 Å². The second kappa shape index (κ2) is 6.48. The quantitative estimate of drug-likeness (QED) is 0.901. The van der Waals surface area contributed by atoms with Crippen LogP contribution in [0.4, 0.5) is 0 Å². The maximum absolute atomic E-state index is 10.9. The Kier molecular flexibility index (Phi) is 4.93. The second-order valence-corrected chi connectivity index (χ2v) is 6.33. The zero-order chi connectivity index (χ0) is 13.8. The summed E-state index contributed by atoms with van der Waals surface area (Å²) < 4.78 is 0. The van der Waals surface area contributed by atoms with E-state index in [-0.39, 0.29) is 0 Å². The van der Waals surface area contributed by atoms with Crippen LogP contribution in [0.2, 0.25) is 0 Å². The lowest BCUT2D eigenvalue weighted by molar-refractivity contribution is -0.142. The van der Waals surface area contributed by atoms with Crippen molar-refractivity contribution in [2.45, 2.75) is 57.5 Å². The Morgan fingerprint density at radius 2 is 2.21 bits per heavy atom. The van der Waals surface area contributed by atoms with E-state index in [0.29, 0.717) is 12.5 Å². The minimum atomic E-state index is -0.787. The van der Waals surface area contributed by atoms with Crippen LogP contribution < -0.4 is 0 Å². The summed E-state index contributed by atoms with van der Waals surface area (Å²) in [5.41, 5.74) is 1.00. The first-order chi connectivity index (χ1) is 9.08. The van der Waals surface area contributed by atoms with Gasteiger partial charge in [-0.05, 0) is 26.8 Å². The highest BCUT2D eigenvalue weighted by molar-refractivity contribution is 7.09. The van der Waals surface area contributed by atoms with E-state index in [9.17, 15) is 4.79 Å². The lowest BCUT2D eigenvalue weighted by Gasteiger charge is -2.20. The van der Waals surface area contributed by atoms with Crippen LogP contribution in [-0.4, -0.2) is 34.0 Å². The summed E-state index contributed by atoms with van der Waals surface area (Å²) in [6, 6.07) is -0.472. The van der Waals surface area contributed by atoms with Crippen molar-refractivity contribution in [2.75, 3.05) is 7.05 Å². The number of hydrogen-bond donors (Lipinski definition) is 1. The molecule has 1 aliphatic carbocycles. The number of carbonyl (C=O) groups is 1. The van der Waals surface area contributed by atoms with Crippen LogP contribution in [0, 0.1) is 0 Å². The van der Waals surface area contributed by atoms with Gasteiger partial charge in [0.1, 0.15) is 6.04 Å². The fourth-order valence-electron chi connectivity index (χ4n) is 2.51. The standard InChI is InChI=1S/C14H22N2O2S/c1-10(14(17)18)16(2)8-12-9-19-13(15-12)11-6-4-3-5-7-11/h9-11H,3-8H2,1-2H3,(H,17,18). The molecule has 106 valence electrons. The zero-order valence-corrected chi connectivity index (χ0v) is 12.4. The minimum Gasteiger partial charge on any atom is -0.480 e. The topological polar surface area (TPSA) is 53.4 Å². The maximum Gasteiger partial charge on any atom is 0.320 e. The molecule has 0 spiro atoms. The van der Waals surface area contributed by atoms with Crippen molar-refractivity contribution in [3.8, 4) is 0 Å². The maximum atomic E-state index is 10.9. The summed E-state index contributed by atoms with van der Waals surface area (Å²) in [6.45, 7) is 2.31. The molecule has 4 nitrogen and oxygen atoms in total. The van der Waals surface area contributed by atoms with E-state index in [2.05, 4.69) is 5.38 Å². The van der Waals surface area contributed by atoms with Gasteiger partial charge in [-0.3, -0.25) is 9.69 Å². The molecule has 1 N–H and O–H groups in total. The number of carboxylic acid groups (broad SMARTS) is 1. The molecule has 1 saturated carbocycles. The first kappa shape index (κ1) is 14.5. The molecular weight excluding hydrogens is 260 g/mol. The number of aromatic nitrogens is 1. The monoisotopic (exact) mass is 282 g/mol. The Hall–Kier alpha value is -0.940. The average Bonchev–Trinajstić information content (AvgIpc) is 2.87. The van der Waals surface area contributed by atoms with Gasteiger partial charge in [-0.2, -0.15) is 0 Å². The average molecular weight is 282 g/mol. The van der Waals surface area contributed by atoms with E-state index in [1.54, 1.807) is 18.3 Å². The van der Waals surface area contributed by atoms with E-state index >= 15 is 0 Å². The van der Waals surface area contributed by atoms with Gasteiger partial charge < -0.3 is 5.11 Å². The molecular formula is C14H22N2O2S. The van der Waals surface area contributed by atoms with Gasteiger partial charge in [0.05, 0.1) is 10.7 Å². The second-order valence-electron chi connectivity index (χ2n) is 5.44. The fraction of sp³-hybridized carbons (Fsp3) is 0.714. The van der Waals surface area contributed by atoms with E-state index in [4.69, 9.17) is 10.1 Å². The third-order valence-corrected chi connectivity index (χ3v) is 5.01. The van der Waals surface area contributed by atoms with Crippen molar-refractivity contribution in [1.29, 1.82) is 0 Å². The number of hydrogen-bond acceptors (Lipinski definition) is 4. The van der Waals surface area contributed by atoms with Gasteiger partial charge in [0.15, 0.2) is 0 Å². The SMILES string of the molecule is CC(C(=O)O)N(C)Cc1csc(C2CCCCC2)n1. The zero-order valence-electron chi connectivity index (χ0n) is 11.6. The summed E-state index contributed by atoms with van der Waals surface area (Å²) in [5, 5.41) is 12.3. The van der Waals surface area contributed by atoms with Gasteiger partial charge >= 0.3 is 5.97 Å². The van der Waals surface area contributed by atoms with Crippen LogP contribution in [0.3, 0.4) is 0 Å². The minimum absolute atomic E-state index is 0.472. The summed E-state index contributed by atoms with van der Waals surface area (Å²) in [5.74, 6) is -0.153. The molecule has 1 heterocycles. The molecule has 1 aromatic heterocycles.